The molecule has 0 radical (unpaired) electrons. The van der Waals surface area contributed by atoms with Crippen LogP contribution in [0.5, 0.6) is 11.5 Å². The fourth-order valence-corrected chi connectivity index (χ4v) is 4.38. The van der Waals surface area contributed by atoms with Crippen molar-refractivity contribution in [2.75, 3.05) is 20.8 Å². The van der Waals surface area contributed by atoms with Gasteiger partial charge in [-0.1, -0.05) is 42.8 Å². The summed E-state index contributed by atoms with van der Waals surface area (Å²) in [6.07, 6.45) is 4.25. The van der Waals surface area contributed by atoms with Gasteiger partial charge in [-0.2, -0.15) is 0 Å². The number of imidazole rings is 1. The van der Waals surface area contributed by atoms with Gasteiger partial charge >= 0.3 is 0 Å². The largest absolute Gasteiger partial charge is 0.493 e. The van der Waals surface area contributed by atoms with Crippen LogP contribution in [0, 0.1) is 0 Å². The molecule has 0 atom stereocenters. The van der Waals surface area contributed by atoms with E-state index in [0.717, 1.165) is 48.5 Å². The van der Waals surface area contributed by atoms with E-state index in [1.165, 1.54) is 6.42 Å². The van der Waals surface area contributed by atoms with Gasteiger partial charge in [0.1, 0.15) is 11.5 Å². The van der Waals surface area contributed by atoms with Gasteiger partial charge in [0.15, 0.2) is 11.5 Å². The maximum atomic E-state index is 13.7. The Hall–Kier alpha value is -3.28. The first kappa shape index (κ1) is 21.9. The average molecular weight is 434 g/mol. The molecule has 0 fully saturated rings. The third-order valence-corrected chi connectivity index (χ3v) is 6.09. The van der Waals surface area contributed by atoms with Gasteiger partial charge in [-0.25, -0.2) is 4.98 Å². The van der Waals surface area contributed by atoms with Crippen molar-refractivity contribution in [3.63, 3.8) is 0 Å². The summed E-state index contributed by atoms with van der Waals surface area (Å²) < 4.78 is 13.0. The molecule has 0 saturated heterocycles. The number of aromatic nitrogens is 2. The number of hydrogen-bond donors (Lipinski definition) is 0. The number of methoxy groups -OCH3 is 2. The monoisotopic (exact) mass is 433 g/mol. The van der Waals surface area contributed by atoms with Crippen LogP contribution in [-0.2, 0) is 19.5 Å². The molecular weight excluding hydrogens is 402 g/mol. The number of carbonyl (C=O) groups excluding carboxylic acids is 1. The Balaban J connectivity index is 1.67. The third-order valence-electron chi connectivity index (χ3n) is 6.09. The van der Waals surface area contributed by atoms with Crippen molar-refractivity contribution in [1.29, 1.82) is 0 Å². The van der Waals surface area contributed by atoms with Crippen molar-refractivity contribution in [3.05, 3.63) is 65.5 Å². The number of fused-ring (bicyclic) bond motifs is 1. The van der Waals surface area contributed by atoms with Crippen LogP contribution in [-0.4, -0.2) is 41.1 Å². The Labute approximate surface area is 189 Å². The van der Waals surface area contributed by atoms with E-state index in [1.807, 2.05) is 48.2 Å². The molecule has 32 heavy (non-hydrogen) atoms. The highest BCUT2D eigenvalue weighted by molar-refractivity contribution is 5.94. The summed E-state index contributed by atoms with van der Waals surface area (Å²) in [5.41, 5.74) is 3.70. The van der Waals surface area contributed by atoms with Crippen molar-refractivity contribution >= 4 is 5.91 Å². The molecule has 0 bridgehead atoms. The molecule has 0 N–H and O–H groups in total. The first-order valence-corrected chi connectivity index (χ1v) is 11.3. The lowest BCUT2D eigenvalue weighted by Crippen LogP contribution is -2.31. The highest BCUT2D eigenvalue weighted by Gasteiger charge is 2.27. The van der Waals surface area contributed by atoms with Gasteiger partial charge in [-0.15, -0.1) is 0 Å². The van der Waals surface area contributed by atoms with E-state index in [4.69, 9.17) is 14.5 Å². The zero-order valence-corrected chi connectivity index (χ0v) is 19.1. The van der Waals surface area contributed by atoms with Gasteiger partial charge in [0.05, 0.1) is 19.9 Å². The van der Waals surface area contributed by atoms with E-state index in [0.29, 0.717) is 30.3 Å². The Morgan fingerprint density at radius 2 is 1.81 bits per heavy atom. The molecule has 1 aliphatic rings. The first-order valence-electron chi connectivity index (χ1n) is 11.3. The van der Waals surface area contributed by atoms with Crippen LogP contribution in [0.15, 0.2) is 48.5 Å². The number of ether oxygens (including phenoxy) is 2. The summed E-state index contributed by atoms with van der Waals surface area (Å²) in [4.78, 5) is 20.4. The van der Waals surface area contributed by atoms with Crippen LogP contribution in [0.3, 0.4) is 0 Å². The van der Waals surface area contributed by atoms with Crippen molar-refractivity contribution in [2.45, 2.75) is 45.7 Å². The Morgan fingerprint density at radius 1 is 1.03 bits per heavy atom. The number of nitrogens with zero attached hydrogens (tertiary/aromatic N) is 3. The SMILES string of the molecule is CCN(Cc1ccc(OC)c(OC)c1)C(=O)c1nc(-c2ccccc2)n2c1CCCCC2. The molecule has 0 aliphatic carbocycles. The van der Waals surface area contributed by atoms with E-state index in [9.17, 15) is 4.79 Å². The Morgan fingerprint density at radius 3 is 2.53 bits per heavy atom. The molecule has 2 aromatic carbocycles. The van der Waals surface area contributed by atoms with Crippen LogP contribution < -0.4 is 9.47 Å². The summed E-state index contributed by atoms with van der Waals surface area (Å²) in [6.45, 7) is 4.00. The second-order valence-corrected chi connectivity index (χ2v) is 8.07. The highest BCUT2D eigenvalue weighted by Crippen LogP contribution is 2.30. The zero-order valence-electron chi connectivity index (χ0n) is 19.1. The van der Waals surface area contributed by atoms with E-state index in [-0.39, 0.29) is 5.91 Å². The summed E-state index contributed by atoms with van der Waals surface area (Å²) in [6, 6.07) is 16.0. The van der Waals surface area contributed by atoms with Crippen molar-refractivity contribution < 1.29 is 14.3 Å². The number of hydrogen-bond acceptors (Lipinski definition) is 4. The maximum Gasteiger partial charge on any atom is 0.274 e. The minimum atomic E-state index is -0.0184. The van der Waals surface area contributed by atoms with Gasteiger partial charge in [-0.3, -0.25) is 4.79 Å². The Bertz CT molecular complexity index is 1080. The van der Waals surface area contributed by atoms with Crippen LogP contribution in [0.25, 0.3) is 11.4 Å². The summed E-state index contributed by atoms with van der Waals surface area (Å²) in [5.74, 6) is 2.22. The molecule has 2 heterocycles. The molecule has 1 aliphatic heterocycles. The topological polar surface area (TPSA) is 56.6 Å². The van der Waals surface area contributed by atoms with Gasteiger partial charge in [-0.05, 0) is 43.9 Å². The fraction of sp³-hybridized carbons (Fsp3) is 0.385. The van der Waals surface area contributed by atoms with Gasteiger partial charge < -0.3 is 18.9 Å². The maximum absolute atomic E-state index is 13.7. The van der Waals surface area contributed by atoms with E-state index < -0.39 is 0 Å². The second-order valence-electron chi connectivity index (χ2n) is 8.07. The molecule has 6 nitrogen and oxygen atoms in total. The molecule has 0 saturated carbocycles. The normalized spacial score (nSPS) is 13.2. The van der Waals surface area contributed by atoms with Gasteiger partial charge in [0, 0.05) is 25.2 Å². The summed E-state index contributed by atoms with van der Waals surface area (Å²) in [5, 5.41) is 0. The van der Waals surface area contributed by atoms with Crippen LogP contribution in [0.2, 0.25) is 0 Å². The lowest BCUT2D eigenvalue weighted by molar-refractivity contribution is 0.0745. The van der Waals surface area contributed by atoms with Crippen molar-refractivity contribution in [2.24, 2.45) is 0 Å². The molecule has 1 aromatic heterocycles. The standard InChI is InChI=1S/C26H31N3O3/c1-4-28(18-19-14-15-22(31-2)23(17-19)32-3)26(30)24-21-13-9-6-10-16-29(21)25(27-24)20-11-7-5-8-12-20/h5,7-8,11-12,14-15,17H,4,6,9-10,13,16,18H2,1-3H3. The van der Waals surface area contributed by atoms with Gasteiger partial charge in [0.2, 0.25) is 0 Å². The quantitative estimate of drug-likeness (QED) is 0.529. The second kappa shape index (κ2) is 9.90. The highest BCUT2D eigenvalue weighted by atomic mass is 16.5. The van der Waals surface area contributed by atoms with Crippen LogP contribution in [0.4, 0.5) is 0 Å². The number of benzene rings is 2. The lowest BCUT2D eigenvalue weighted by atomic mass is 10.1. The molecule has 168 valence electrons. The molecule has 4 rings (SSSR count). The predicted molar refractivity (Wildman–Crippen MR) is 125 cm³/mol. The van der Waals surface area contributed by atoms with Gasteiger partial charge in [0.25, 0.3) is 5.91 Å². The molecule has 0 unspecified atom stereocenters. The van der Waals surface area contributed by atoms with E-state index >= 15 is 0 Å². The first-order chi connectivity index (χ1) is 15.7. The number of carbonyl (C=O) groups is 1. The van der Waals surface area contributed by atoms with Crippen LogP contribution in [0.1, 0.15) is 47.9 Å². The van der Waals surface area contributed by atoms with Crippen molar-refractivity contribution in [3.8, 4) is 22.9 Å². The molecule has 1 amide bonds. The summed E-state index contributed by atoms with van der Waals surface area (Å²) in [7, 11) is 3.24. The van der Waals surface area contributed by atoms with Crippen LogP contribution >= 0.6 is 0 Å². The fourth-order valence-electron chi connectivity index (χ4n) is 4.38. The average Bonchev–Trinajstić information content (AvgIpc) is 3.03. The minimum Gasteiger partial charge on any atom is -0.493 e. The molecular formula is C26H31N3O3. The smallest absolute Gasteiger partial charge is 0.274 e. The number of rotatable bonds is 7. The molecule has 6 heteroatoms. The summed E-state index contributed by atoms with van der Waals surface area (Å²) >= 11 is 0. The number of amides is 1. The minimum absolute atomic E-state index is 0.0184. The van der Waals surface area contributed by atoms with E-state index in [1.54, 1.807) is 14.2 Å². The molecule has 0 spiro atoms. The zero-order chi connectivity index (χ0) is 22.5. The Kier molecular flexibility index (Phi) is 6.78. The predicted octanol–water partition coefficient (Wildman–Crippen LogP) is 4.96. The lowest BCUT2D eigenvalue weighted by Gasteiger charge is -2.21. The van der Waals surface area contributed by atoms with E-state index in [2.05, 4.69) is 16.7 Å². The molecule has 3 aromatic rings. The van der Waals surface area contributed by atoms with Crippen molar-refractivity contribution in [1.82, 2.24) is 14.5 Å². The third kappa shape index (κ3) is 4.35.